The van der Waals surface area contributed by atoms with E-state index in [1.807, 2.05) is 9.91 Å². The van der Waals surface area contributed by atoms with Crippen LogP contribution in [0.25, 0.3) is 0 Å². The summed E-state index contributed by atoms with van der Waals surface area (Å²) in [5.74, 6) is 0.208. The van der Waals surface area contributed by atoms with Crippen LogP contribution in [0, 0.1) is 17.2 Å². The molecule has 0 radical (unpaired) electrons. The molecule has 3 fully saturated rings. The fourth-order valence-corrected chi connectivity index (χ4v) is 4.74. The second kappa shape index (κ2) is 8.58. The highest BCUT2D eigenvalue weighted by atomic mass is 16.2. The van der Waals surface area contributed by atoms with Crippen LogP contribution in [0.2, 0.25) is 0 Å². The van der Waals surface area contributed by atoms with Gasteiger partial charge in [-0.1, -0.05) is 0 Å². The number of nitriles is 1. The highest BCUT2D eigenvalue weighted by molar-refractivity contribution is 5.89. The van der Waals surface area contributed by atoms with Gasteiger partial charge in [-0.3, -0.25) is 19.8 Å². The molecule has 1 aliphatic carbocycles. The summed E-state index contributed by atoms with van der Waals surface area (Å²) < 4.78 is 0. The van der Waals surface area contributed by atoms with Crippen LogP contribution >= 0.6 is 0 Å². The van der Waals surface area contributed by atoms with E-state index in [4.69, 9.17) is 0 Å². The largest absolute Gasteiger partial charge is 0.339 e. The molecule has 0 aromatic rings. The molecule has 2 amide bonds. The van der Waals surface area contributed by atoms with E-state index in [1.165, 1.54) is 6.92 Å². The van der Waals surface area contributed by atoms with Crippen molar-refractivity contribution < 1.29 is 14.4 Å². The Morgan fingerprint density at radius 2 is 1.57 bits per heavy atom. The van der Waals surface area contributed by atoms with Crippen LogP contribution in [0.5, 0.6) is 0 Å². The first-order chi connectivity index (χ1) is 13.4. The van der Waals surface area contributed by atoms with Crippen LogP contribution in [0.1, 0.15) is 52.4 Å². The van der Waals surface area contributed by atoms with Crippen LogP contribution in [0.4, 0.5) is 0 Å². The van der Waals surface area contributed by atoms with Crippen molar-refractivity contribution in [2.45, 2.75) is 64.0 Å². The zero-order valence-electron chi connectivity index (χ0n) is 16.9. The van der Waals surface area contributed by atoms with Gasteiger partial charge in [-0.15, -0.1) is 0 Å². The molecule has 0 aromatic heterocycles. The summed E-state index contributed by atoms with van der Waals surface area (Å²) in [6, 6.07) is 2.42. The minimum absolute atomic E-state index is 0.0361. The first kappa shape index (κ1) is 20.7. The average molecular weight is 390 g/mol. The molecule has 154 valence electrons. The molecule has 2 saturated heterocycles. The van der Waals surface area contributed by atoms with Crippen molar-refractivity contribution in [3.05, 3.63) is 0 Å². The maximum Gasteiger partial charge on any atom is 0.225 e. The molecule has 3 rings (SSSR count). The number of hydrogen-bond acceptors (Lipinski definition) is 6. The SMILES string of the molecule is CC(=O)N1CCN(C(=O)C2CCC(NN3CCC[C@]3(C#N)C(C)=O)CC2)CC1. The van der Waals surface area contributed by atoms with Gasteiger partial charge in [0, 0.05) is 51.6 Å². The average Bonchev–Trinajstić information content (AvgIpc) is 3.12. The predicted molar refractivity (Wildman–Crippen MR) is 103 cm³/mol. The van der Waals surface area contributed by atoms with Crippen molar-refractivity contribution in [1.82, 2.24) is 20.2 Å². The lowest BCUT2D eigenvalue weighted by molar-refractivity contribution is -0.142. The summed E-state index contributed by atoms with van der Waals surface area (Å²) >= 11 is 0. The standard InChI is InChI=1S/C20H31N5O3/c1-15(26)20(14-21)8-3-9-25(20)22-18-6-4-17(5-7-18)19(28)24-12-10-23(11-13-24)16(2)27/h17-18,22H,3-13H2,1-2H3/t17?,18?,20-/m0/s1. The molecule has 1 atom stereocenters. The molecule has 8 nitrogen and oxygen atoms in total. The number of carbonyl (C=O) groups excluding carboxylic acids is 3. The van der Waals surface area contributed by atoms with E-state index in [-0.39, 0.29) is 29.6 Å². The van der Waals surface area contributed by atoms with E-state index >= 15 is 0 Å². The Morgan fingerprint density at radius 3 is 2.11 bits per heavy atom. The second-order valence-electron chi connectivity index (χ2n) is 8.29. The van der Waals surface area contributed by atoms with Crippen LogP contribution in [0.3, 0.4) is 0 Å². The van der Waals surface area contributed by atoms with Gasteiger partial charge in [0.15, 0.2) is 11.3 Å². The van der Waals surface area contributed by atoms with Gasteiger partial charge in [-0.25, -0.2) is 5.01 Å². The lowest BCUT2D eigenvalue weighted by atomic mass is 9.85. The fraction of sp³-hybridized carbons (Fsp3) is 0.800. The van der Waals surface area contributed by atoms with Crippen molar-refractivity contribution in [2.75, 3.05) is 32.7 Å². The molecule has 0 unspecified atom stereocenters. The molecular weight excluding hydrogens is 358 g/mol. The monoisotopic (exact) mass is 389 g/mol. The van der Waals surface area contributed by atoms with E-state index in [9.17, 15) is 19.6 Å². The Hall–Kier alpha value is -1.98. The van der Waals surface area contributed by atoms with E-state index in [0.717, 1.165) is 32.1 Å². The second-order valence-corrected chi connectivity index (χ2v) is 8.29. The first-order valence-electron chi connectivity index (χ1n) is 10.4. The quantitative estimate of drug-likeness (QED) is 0.760. The predicted octanol–water partition coefficient (Wildman–Crippen LogP) is 0.688. The summed E-state index contributed by atoms with van der Waals surface area (Å²) in [7, 11) is 0. The number of rotatable bonds is 4. The molecule has 28 heavy (non-hydrogen) atoms. The molecule has 0 spiro atoms. The highest BCUT2D eigenvalue weighted by Crippen LogP contribution is 2.31. The number of Topliss-reactive ketones (excluding diaryl/α,β-unsaturated/α-hetero) is 1. The number of nitrogens with zero attached hydrogens (tertiary/aromatic N) is 4. The molecule has 0 bridgehead atoms. The Kier molecular flexibility index (Phi) is 6.36. The zero-order valence-corrected chi connectivity index (χ0v) is 16.9. The maximum atomic E-state index is 12.8. The van der Waals surface area contributed by atoms with Crippen LogP contribution in [0.15, 0.2) is 0 Å². The normalized spacial score (nSPS) is 31.5. The van der Waals surface area contributed by atoms with Gasteiger partial charge in [0.2, 0.25) is 11.8 Å². The summed E-state index contributed by atoms with van der Waals surface area (Å²) in [5.41, 5.74) is 2.38. The molecular formula is C20H31N5O3. The first-order valence-corrected chi connectivity index (χ1v) is 10.4. The lowest BCUT2D eigenvalue weighted by Gasteiger charge is -2.39. The van der Waals surface area contributed by atoms with Crippen molar-refractivity contribution in [1.29, 1.82) is 5.26 Å². The third-order valence-corrected chi connectivity index (χ3v) is 6.60. The van der Waals surface area contributed by atoms with E-state index in [1.54, 1.807) is 11.8 Å². The highest BCUT2D eigenvalue weighted by Gasteiger charge is 2.46. The minimum atomic E-state index is -1.04. The maximum absolute atomic E-state index is 12.8. The van der Waals surface area contributed by atoms with Gasteiger partial charge in [-0.05, 0) is 45.4 Å². The van der Waals surface area contributed by atoms with Crippen LogP contribution in [-0.4, -0.2) is 76.7 Å². The number of piperazine rings is 1. The lowest BCUT2D eigenvalue weighted by Crippen LogP contribution is -2.58. The molecule has 3 aliphatic rings. The smallest absolute Gasteiger partial charge is 0.225 e. The molecule has 1 N–H and O–H groups in total. The number of amides is 2. The Labute approximate surface area is 166 Å². The number of hydrogen-bond donors (Lipinski definition) is 1. The summed E-state index contributed by atoms with van der Waals surface area (Å²) in [5, 5.41) is 11.4. The van der Waals surface area contributed by atoms with Crippen LogP contribution in [-0.2, 0) is 14.4 Å². The Balaban J connectivity index is 1.48. The van der Waals surface area contributed by atoms with Crippen LogP contribution < -0.4 is 5.43 Å². The molecule has 2 heterocycles. The zero-order chi connectivity index (χ0) is 20.3. The minimum Gasteiger partial charge on any atom is -0.339 e. The molecule has 1 saturated carbocycles. The third-order valence-electron chi connectivity index (χ3n) is 6.60. The van der Waals surface area contributed by atoms with E-state index < -0.39 is 5.54 Å². The topological polar surface area (TPSA) is 96.8 Å². The van der Waals surface area contributed by atoms with Crippen molar-refractivity contribution in [2.24, 2.45) is 5.92 Å². The van der Waals surface area contributed by atoms with Crippen molar-refractivity contribution in [3.63, 3.8) is 0 Å². The Morgan fingerprint density at radius 1 is 0.964 bits per heavy atom. The van der Waals surface area contributed by atoms with E-state index in [0.29, 0.717) is 39.1 Å². The summed E-state index contributed by atoms with van der Waals surface area (Å²) in [6.07, 6.45) is 4.76. The van der Waals surface area contributed by atoms with Gasteiger partial charge in [0.1, 0.15) is 0 Å². The van der Waals surface area contributed by atoms with Gasteiger partial charge in [-0.2, -0.15) is 5.26 Å². The molecule has 2 aliphatic heterocycles. The van der Waals surface area contributed by atoms with Crippen molar-refractivity contribution >= 4 is 17.6 Å². The number of carbonyl (C=O) groups is 3. The summed E-state index contributed by atoms with van der Waals surface area (Å²) in [6.45, 7) is 6.24. The van der Waals surface area contributed by atoms with Gasteiger partial charge in [0.05, 0.1) is 6.07 Å². The number of hydrazine groups is 1. The number of nitrogens with one attached hydrogen (secondary N) is 1. The van der Waals surface area contributed by atoms with Crippen molar-refractivity contribution in [3.8, 4) is 6.07 Å². The summed E-state index contributed by atoms with van der Waals surface area (Å²) in [4.78, 5) is 40.0. The number of ketones is 1. The molecule has 8 heteroatoms. The third kappa shape index (κ3) is 4.06. The molecule has 0 aromatic carbocycles. The Bertz CT molecular complexity index is 659. The van der Waals surface area contributed by atoms with Gasteiger partial charge < -0.3 is 9.80 Å². The van der Waals surface area contributed by atoms with E-state index in [2.05, 4.69) is 11.5 Å². The fourth-order valence-electron chi connectivity index (χ4n) is 4.74. The van der Waals surface area contributed by atoms with Gasteiger partial charge >= 0.3 is 0 Å². The van der Waals surface area contributed by atoms with Gasteiger partial charge in [0.25, 0.3) is 0 Å².